The van der Waals surface area contributed by atoms with Gasteiger partial charge in [-0.3, -0.25) is 0 Å². The molecule has 0 fully saturated rings. The normalized spacial score (nSPS) is 9.50. The van der Waals surface area contributed by atoms with Crippen molar-refractivity contribution in [3.8, 4) is 11.5 Å². The Morgan fingerprint density at radius 1 is 1.11 bits per heavy atom. The van der Waals surface area contributed by atoms with Gasteiger partial charge in [0.1, 0.15) is 6.61 Å². The van der Waals surface area contributed by atoms with Crippen LogP contribution in [0.4, 0.5) is 10.5 Å². The van der Waals surface area contributed by atoms with Crippen molar-refractivity contribution in [2.45, 2.75) is 13.0 Å². The first-order valence-corrected chi connectivity index (χ1v) is 8.58. The molecular weight excluding hydrogens is 360 g/mol. The fraction of sp³-hybridized carbons (Fsp3) is 0.238. The van der Waals surface area contributed by atoms with Gasteiger partial charge in [0, 0.05) is 6.54 Å². The zero-order valence-electron chi connectivity index (χ0n) is 15.8. The Kier molecular flexibility index (Phi) is 8.21. The molecule has 0 saturated carbocycles. The molecule has 0 spiro atoms. The minimum atomic E-state index is -0.485. The summed E-state index contributed by atoms with van der Waals surface area (Å²) in [6, 6.07) is 13.1. The summed E-state index contributed by atoms with van der Waals surface area (Å²) >= 11 is 0. The maximum absolute atomic E-state index is 11.8. The van der Waals surface area contributed by atoms with Crippen LogP contribution in [-0.2, 0) is 22.6 Å². The third-order valence-corrected chi connectivity index (χ3v) is 3.79. The van der Waals surface area contributed by atoms with E-state index in [1.165, 1.54) is 26.4 Å². The Balaban J connectivity index is 1.95. The minimum absolute atomic E-state index is 0.216. The predicted molar refractivity (Wildman–Crippen MR) is 105 cm³/mol. The lowest BCUT2D eigenvalue weighted by Crippen LogP contribution is -2.26. The lowest BCUT2D eigenvalue weighted by atomic mass is 10.1. The molecule has 2 rings (SSSR count). The lowest BCUT2D eigenvalue weighted by Gasteiger charge is -2.15. The minimum Gasteiger partial charge on any atom is -0.493 e. The Bertz CT molecular complexity index is 870. The molecule has 0 bridgehead atoms. The molecule has 0 radical (unpaired) electrons. The quantitative estimate of drug-likeness (QED) is 0.512. The number of amides is 1. The van der Waals surface area contributed by atoms with Crippen LogP contribution in [0.25, 0.3) is 0 Å². The molecule has 7 nitrogen and oxygen atoms in total. The fourth-order valence-electron chi connectivity index (χ4n) is 2.50. The first-order valence-electron chi connectivity index (χ1n) is 8.58. The summed E-state index contributed by atoms with van der Waals surface area (Å²) in [5, 5.41) is 5.62. The summed E-state index contributed by atoms with van der Waals surface area (Å²) in [4.78, 5) is 22.1. The van der Waals surface area contributed by atoms with Crippen LogP contribution in [0.3, 0.4) is 0 Å². The van der Waals surface area contributed by atoms with Crippen LogP contribution >= 0.6 is 0 Å². The highest BCUT2D eigenvalue weighted by Crippen LogP contribution is 2.36. The molecule has 0 heterocycles. The van der Waals surface area contributed by atoms with E-state index < -0.39 is 6.09 Å². The van der Waals surface area contributed by atoms with Gasteiger partial charge in [0.15, 0.2) is 17.4 Å². The number of carbonyl (C=O) groups is 1. The van der Waals surface area contributed by atoms with Gasteiger partial charge in [0.05, 0.1) is 26.1 Å². The van der Waals surface area contributed by atoms with E-state index in [-0.39, 0.29) is 6.61 Å². The zero-order chi connectivity index (χ0) is 20.2. The van der Waals surface area contributed by atoms with Crippen molar-refractivity contribution in [3.63, 3.8) is 0 Å². The summed E-state index contributed by atoms with van der Waals surface area (Å²) < 4.78 is 15.9. The molecule has 146 valence electrons. The van der Waals surface area contributed by atoms with Crippen molar-refractivity contribution in [1.82, 2.24) is 5.32 Å². The maximum Gasteiger partial charge on any atom is 0.407 e. The van der Waals surface area contributed by atoms with Crippen LogP contribution in [0.1, 0.15) is 11.1 Å². The standard InChI is InChI=1S/C21H22N2O5/c1-26-19-14-17(13-18(20(19)27-2)22-10-6-12-24)9-11-23-21(25)28-15-16-7-4-3-5-8-16/h3-5,7-8,10,13-14,22H,9,11,15H2,1-2H3,(H,23,25). The number of anilines is 1. The molecule has 0 atom stereocenters. The molecule has 28 heavy (non-hydrogen) atoms. The topological polar surface area (TPSA) is 85.9 Å². The summed E-state index contributed by atoms with van der Waals surface area (Å²) in [5.74, 6) is 2.55. The molecule has 2 aromatic rings. The Morgan fingerprint density at radius 3 is 2.57 bits per heavy atom. The van der Waals surface area contributed by atoms with E-state index in [1.54, 1.807) is 0 Å². The van der Waals surface area contributed by atoms with Crippen LogP contribution in [-0.4, -0.2) is 32.8 Å². The molecule has 2 N–H and O–H groups in total. The molecular formula is C21H22N2O5. The number of alkyl carbamates (subject to hydrolysis) is 1. The summed E-state index contributed by atoms with van der Waals surface area (Å²) in [5.41, 5.74) is 4.70. The van der Waals surface area contributed by atoms with Crippen LogP contribution < -0.4 is 20.1 Å². The van der Waals surface area contributed by atoms with Crippen LogP contribution in [0.15, 0.2) is 54.4 Å². The van der Waals surface area contributed by atoms with Gasteiger partial charge in [-0.15, -0.1) is 0 Å². The van der Waals surface area contributed by atoms with Crippen molar-refractivity contribution in [2.24, 2.45) is 0 Å². The van der Waals surface area contributed by atoms with Gasteiger partial charge in [-0.05, 0) is 35.4 Å². The highest BCUT2D eigenvalue weighted by molar-refractivity contribution is 5.68. The van der Waals surface area contributed by atoms with Gasteiger partial charge >= 0.3 is 6.09 Å². The van der Waals surface area contributed by atoms with Crippen LogP contribution in [0.2, 0.25) is 0 Å². The molecule has 1 amide bonds. The van der Waals surface area contributed by atoms with Gasteiger partial charge in [-0.1, -0.05) is 30.3 Å². The number of nitrogens with one attached hydrogen (secondary N) is 2. The van der Waals surface area contributed by atoms with Crippen molar-refractivity contribution < 1.29 is 23.8 Å². The van der Waals surface area contributed by atoms with E-state index in [2.05, 4.69) is 16.4 Å². The van der Waals surface area contributed by atoms with Gasteiger partial charge < -0.3 is 24.8 Å². The third-order valence-electron chi connectivity index (χ3n) is 3.79. The van der Waals surface area contributed by atoms with E-state index in [0.29, 0.717) is 30.2 Å². The number of rotatable bonds is 9. The van der Waals surface area contributed by atoms with Crippen LogP contribution in [0.5, 0.6) is 11.5 Å². The highest BCUT2D eigenvalue weighted by Gasteiger charge is 2.12. The van der Waals surface area contributed by atoms with Crippen molar-refractivity contribution in [3.05, 3.63) is 65.5 Å². The van der Waals surface area contributed by atoms with Crippen molar-refractivity contribution >= 4 is 17.7 Å². The molecule has 0 aromatic heterocycles. The lowest BCUT2D eigenvalue weighted by molar-refractivity contribution is 0.140. The maximum atomic E-state index is 11.8. The smallest absolute Gasteiger partial charge is 0.407 e. The number of carbonyl (C=O) groups excluding carboxylic acids is 2. The summed E-state index contributed by atoms with van der Waals surface area (Å²) in [6.07, 6.45) is 1.39. The largest absolute Gasteiger partial charge is 0.493 e. The van der Waals surface area contributed by atoms with E-state index in [1.807, 2.05) is 42.5 Å². The number of hydrogen-bond donors (Lipinski definition) is 2. The van der Waals surface area contributed by atoms with Gasteiger partial charge in [0.2, 0.25) is 0 Å². The molecule has 0 saturated heterocycles. The number of benzene rings is 2. The van der Waals surface area contributed by atoms with Crippen molar-refractivity contribution in [2.75, 3.05) is 26.1 Å². The SMILES string of the molecule is COc1cc(CCNC(=O)OCc2ccccc2)cc(NC=C=C=O)c1OC. The average Bonchev–Trinajstić information content (AvgIpc) is 2.72. The van der Waals surface area contributed by atoms with Crippen molar-refractivity contribution in [1.29, 1.82) is 0 Å². The monoisotopic (exact) mass is 382 g/mol. The molecule has 0 aliphatic heterocycles. The third kappa shape index (κ3) is 6.25. The van der Waals surface area contributed by atoms with E-state index >= 15 is 0 Å². The van der Waals surface area contributed by atoms with Gasteiger partial charge in [-0.25, -0.2) is 9.59 Å². The molecule has 0 aliphatic carbocycles. The predicted octanol–water partition coefficient (Wildman–Crippen LogP) is 3.09. The molecule has 0 unspecified atom stereocenters. The van der Waals surface area contributed by atoms with Gasteiger partial charge in [0.25, 0.3) is 0 Å². The summed E-state index contributed by atoms with van der Waals surface area (Å²) in [7, 11) is 3.05. The number of ether oxygens (including phenoxy) is 3. The zero-order valence-corrected chi connectivity index (χ0v) is 15.8. The summed E-state index contributed by atoms with van der Waals surface area (Å²) in [6.45, 7) is 0.598. The Labute approximate surface area is 163 Å². The molecule has 7 heteroatoms. The first kappa shape index (κ1) is 20.6. The van der Waals surface area contributed by atoms with Crippen LogP contribution in [0, 0.1) is 0 Å². The Morgan fingerprint density at radius 2 is 1.89 bits per heavy atom. The highest BCUT2D eigenvalue weighted by atomic mass is 16.5. The molecule has 0 aliphatic rings. The second-order valence-electron chi connectivity index (χ2n) is 5.65. The fourth-order valence-corrected chi connectivity index (χ4v) is 2.50. The second-order valence-corrected chi connectivity index (χ2v) is 5.65. The number of hydrogen-bond acceptors (Lipinski definition) is 6. The molecule has 2 aromatic carbocycles. The first-order chi connectivity index (χ1) is 13.7. The van der Waals surface area contributed by atoms with E-state index in [9.17, 15) is 9.59 Å². The van der Waals surface area contributed by atoms with Gasteiger partial charge in [-0.2, -0.15) is 0 Å². The average molecular weight is 382 g/mol. The van der Waals surface area contributed by atoms with E-state index in [0.717, 1.165) is 11.1 Å². The van der Waals surface area contributed by atoms with E-state index in [4.69, 9.17) is 14.2 Å². The number of methoxy groups -OCH3 is 2. The second kappa shape index (κ2) is 11.1. The Hall–Kier alpha value is -3.66.